The molecule has 14 heteroatoms. The zero-order valence-electron chi connectivity index (χ0n) is 26.2. The van der Waals surface area contributed by atoms with Crippen LogP contribution in [-0.2, 0) is 35.6 Å². The maximum absolute atomic E-state index is 14.6. The molecule has 0 aliphatic carbocycles. The van der Waals surface area contributed by atoms with Crippen LogP contribution in [0.2, 0.25) is 0 Å². The van der Waals surface area contributed by atoms with Gasteiger partial charge >= 0.3 is 0 Å². The normalized spacial score (nSPS) is 16.5. The molecule has 2 N–H and O–H groups in total. The number of ether oxygens (including phenoxy) is 2. The van der Waals surface area contributed by atoms with E-state index in [9.17, 15) is 13.6 Å². The average molecular weight is 667 g/mol. The first-order chi connectivity index (χ1) is 23.9. The van der Waals surface area contributed by atoms with Crippen molar-refractivity contribution < 1.29 is 28.2 Å². The Bertz CT molecular complexity index is 1930. The van der Waals surface area contributed by atoms with E-state index >= 15 is 0 Å². The number of carbonyl (C=O) groups is 1. The molecule has 1 aliphatic heterocycles. The minimum Gasteiger partial charge on any atom is -0.494 e. The number of hydrogen-bond donors (Lipinski definition) is 2. The van der Waals surface area contributed by atoms with Crippen molar-refractivity contribution >= 4 is 11.8 Å². The lowest BCUT2D eigenvalue weighted by molar-refractivity contribution is -0.129. The molecule has 1 amide bonds. The van der Waals surface area contributed by atoms with Crippen molar-refractivity contribution in [1.29, 1.82) is 0 Å². The lowest BCUT2D eigenvalue weighted by Gasteiger charge is -2.32. The molecule has 49 heavy (non-hydrogen) atoms. The third kappa shape index (κ3) is 8.14. The fourth-order valence-electron chi connectivity index (χ4n) is 5.57. The molecule has 1 aliphatic rings. The number of nitrogens with one attached hydrogen (secondary N) is 1. The van der Waals surface area contributed by atoms with Gasteiger partial charge in [-0.3, -0.25) is 4.79 Å². The number of amides is 1. The molecule has 1 heterocycles. The Kier molecular flexibility index (Phi) is 11.4. The van der Waals surface area contributed by atoms with E-state index in [-0.39, 0.29) is 38.6 Å². The number of azide groups is 2. The van der Waals surface area contributed by atoms with Crippen LogP contribution in [0.1, 0.15) is 45.9 Å². The van der Waals surface area contributed by atoms with E-state index in [1.165, 1.54) is 6.07 Å². The van der Waals surface area contributed by atoms with E-state index < -0.39 is 29.2 Å². The van der Waals surface area contributed by atoms with Crippen molar-refractivity contribution in [3.05, 3.63) is 157 Å². The topological polar surface area (TPSA) is 178 Å². The van der Waals surface area contributed by atoms with E-state index in [1.54, 1.807) is 66.7 Å². The second kappa shape index (κ2) is 16.2. The number of hydrogen-bond acceptors (Lipinski definition) is 7. The van der Waals surface area contributed by atoms with E-state index in [0.29, 0.717) is 52.2 Å². The van der Waals surface area contributed by atoms with Gasteiger partial charge in [-0.1, -0.05) is 64.8 Å². The molecule has 0 spiro atoms. The Hall–Kier alpha value is -5.94. The van der Waals surface area contributed by atoms with Crippen LogP contribution in [0.15, 0.2) is 106 Å². The molecular weight excluding hydrogens is 634 g/mol. The van der Waals surface area contributed by atoms with Crippen LogP contribution >= 0.6 is 0 Å². The first-order valence-electron chi connectivity index (χ1n) is 15.4. The molecular formula is C35H32F2N8O4. The quantitative estimate of drug-likeness (QED) is 0.0592. The van der Waals surface area contributed by atoms with Gasteiger partial charge in [-0.05, 0) is 75.3 Å². The Morgan fingerprint density at radius 3 is 2.29 bits per heavy atom. The minimum absolute atomic E-state index is 0.00247. The highest BCUT2D eigenvalue weighted by atomic mass is 19.2. The molecule has 0 fully saturated rings. The fraction of sp³-hybridized carbons (Fsp3) is 0.257. The highest BCUT2D eigenvalue weighted by Gasteiger charge is 2.54. The predicted molar refractivity (Wildman–Crippen MR) is 177 cm³/mol. The summed E-state index contributed by atoms with van der Waals surface area (Å²) in [7, 11) is 0. The van der Waals surface area contributed by atoms with Crippen molar-refractivity contribution in [1.82, 2.24) is 5.32 Å². The summed E-state index contributed by atoms with van der Waals surface area (Å²) in [4.78, 5) is 25.4. The average Bonchev–Trinajstić information content (AvgIpc) is 3.51. The van der Waals surface area contributed by atoms with Crippen LogP contribution in [-0.4, -0.2) is 35.7 Å². The Labute approximate surface area is 280 Å². The standard InChI is InChI=1S/C35H32F2N8O4/c36-30-15-10-23(18-31(30)37)20-40-34(47)35(19-25-6-1-2-7-26(25)21-41-44-38)32(29-9-4-3-8-27(29)22-42-45-39)49-33(43-35)24-11-13-28(14-12-24)48-17-5-16-46/h1-4,6-15,18,32,46H,5,16-17,19-22H2,(H,40,47)/t32-,35-/m1/s1. The second-order valence-corrected chi connectivity index (χ2v) is 11.1. The van der Waals surface area contributed by atoms with Crippen LogP contribution in [0.3, 0.4) is 0 Å². The van der Waals surface area contributed by atoms with Crippen LogP contribution in [0, 0.1) is 11.6 Å². The third-order valence-electron chi connectivity index (χ3n) is 7.99. The van der Waals surface area contributed by atoms with Crippen molar-refractivity contribution in [3.8, 4) is 5.75 Å². The van der Waals surface area contributed by atoms with Crippen molar-refractivity contribution in [2.45, 2.75) is 44.1 Å². The summed E-state index contributed by atoms with van der Waals surface area (Å²) in [5.74, 6) is -1.91. The maximum atomic E-state index is 14.6. The number of halogens is 2. The smallest absolute Gasteiger partial charge is 0.252 e. The molecule has 0 unspecified atom stereocenters. The molecule has 4 aromatic rings. The number of aliphatic hydroxyl groups excluding tert-OH is 1. The van der Waals surface area contributed by atoms with Gasteiger partial charge in [0.1, 0.15) is 5.75 Å². The number of rotatable bonds is 15. The first kappa shape index (κ1) is 34.4. The molecule has 5 rings (SSSR count). The largest absolute Gasteiger partial charge is 0.494 e. The zero-order chi connectivity index (χ0) is 34.6. The summed E-state index contributed by atoms with van der Waals surface area (Å²) < 4.78 is 40.0. The van der Waals surface area contributed by atoms with Crippen molar-refractivity contribution in [2.75, 3.05) is 13.2 Å². The Morgan fingerprint density at radius 1 is 0.918 bits per heavy atom. The monoisotopic (exact) mass is 666 g/mol. The number of aliphatic hydroxyl groups is 1. The molecule has 0 bridgehead atoms. The third-order valence-corrected chi connectivity index (χ3v) is 7.99. The van der Waals surface area contributed by atoms with Crippen LogP contribution in [0.5, 0.6) is 5.75 Å². The molecule has 4 aromatic carbocycles. The fourth-order valence-corrected chi connectivity index (χ4v) is 5.57. The van der Waals surface area contributed by atoms with Gasteiger partial charge in [-0.15, -0.1) is 0 Å². The van der Waals surface area contributed by atoms with Gasteiger partial charge in [-0.2, -0.15) is 0 Å². The maximum Gasteiger partial charge on any atom is 0.252 e. The summed E-state index contributed by atoms with van der Waals surface area (Å²) in [6.45, 7) is 0.176. The number of benzene rings is 4. The molecule has 0 saturated heterocycles. The van der Waals surface area contributed by atoms with E-state index in [1.807, 2.05) is 6.07 Å². The Balaban J connectivity index is 1.64. The van der Waals surface area contributed by atoms with E-state index in [2.05, 4.69) is 25.4 Å². The van der Waals surface area contributed by atoms with Crippen LogP contribution in [0.4, 0.5) is 8.78 Å². The van der Waals surface area contributed by atoms with Gasteiger partial charge in [0.05, 0.1) is 19.7 Å². The molecule has 0 aromatic heterocycles. The molecule has 2 atom stereocenters. The lowest BCUT2D eigenvalue weighted by Crippen LogP contribution is -2.50. The van der Waals surface area contributed by atoms with Crippen LogP contribution < -0.4 is 10.1 Å². The van der Waals surface area contributed by atoms with Gasteiger partial charge < -0.3 is 19.9 Å². The lowest BCUT2D eigenvalue weighted by atomic mass is 9.79. The number of nitrogens with zero attached hydrogens (tertiary/aromatic N) is 7. The summed E-state index contributed by atoms with van der Waals surface area (Å²) in [6.07, 6.45) is -0.594. The molecule has 250 valence electrons. The summed E-state index contributed by atoms with van der Waals surface area (Å²) in [6, 6.07) is 24.6. The van der Waals surface area contributed by atoms with Gasteiger partial charge in [0.15, 0.2) is 23.3 Å². The summed E-state index contributed by atoms with van der Waals surface area (Å²) in [5, 5.41) is 19.4. The molecule has 12 nitrogen and oxygen atoms in total. The van der Waals surface area contributed by atoms with Gasteiger partial charge in [0.25, 0.3) is 5.91 Å². The van der Waals surface area contributed by atoms with Crippen molar-refractivity contribution in [2.24, 2.45) is 15.2 Å². The zero-order valence-corrected chi connectivity index (χ0v) is 26.2. The summed E-state index contributed by atoms with van der Waals surface area (Å²) >= 11 is 0. The van der Waals surface area contributed by atoms with E-state index in [4.69, 9.17) is 30.6 Å². The highest BCUT2D eigenvalue weighted by Crippen LogP contribution is 2.44. The van der Waals surface area contributed by atoms with Gasteiger partial charge in [-0.25, -0.2) is 13.8 Å². The Morgan fingerprint density at radius 2 is 1.59 bits per heavy atom. The van der Waals surface area contributed by atoms with E-state index in [0.717, 1.165) is 12.1 Å². The predicted octanol–water partition coefficient (Wildman–Crippen LogP) is 7.16. The highest BCUT2D eigenvalue weighted by molar-refractivity contribution is 6.01. The number of aliphatic imine (C=N–C) groups is 1. The van der Waals surface area contributed by atoms with Crippen LogP contribution in [0.25, 0.3) is 20.9 Å². The van der Waals surface area contributed by atoms with Gasteiger partial charge in [0, 0.05) is 41.4 Å². The SMILES string of the molecule is [N-]=[N+]=NCc1ccccc1C[C@@]1(C(=O)NCc2ccc(F)c(F)c2)N=C(c2ccc(OCCCO)cc2)O[C@@H]1c1ccccc1CN=[N+]=[N-]. The molecule has 0 saturated carbocycles. The molecule has 0 radical (unpaired) electrons. The minimum atomic E-state index is -1.69. The van der Waals surface area contributed by atoms with Crippen molar-refractivity contribution in [3.63, 3.8) is 0 Å². The first-order valence-corrected chi connectivity index (χ1v) is 15.4. The van der Waals surface area contributed by atoms with Gasteiger partial charge in [0.2, 0.25) is 5.90 Å². The second-order valence-electron chi connectivity index (χ2n) is 11.1. The number of carbonyl (C=O) groups excluding carboxylic acids is 1. The summed E-state index contributed by atoms with van der Waals surface area (Å²) in [5.41, 5.74) is 19.8.